The fourth-order valence-electron chi connectivity index (χ4n) is 3.45. The highest BCUT2D eigenvalue weighted by molar-refractivity contribution is 5.86. The molecule has 29 heavy (non-hydrogen) atoms. The molecular weight excluding hydrogens is 368 g/mol. The minimum Gasteiger partial charge on any atom is -0.382 e. The van der Waals surface area contributed by atoms with E-state index in [4.69, 9.17) is 9.47 Å². The van der Waals surface area contributed by atoms with Crippen LogP contribution in [0.3, 0.4) is 0 Å². The number of nitrogens with zero attached hydrogens (tertiary/aromatic N) is 2. The number of hydrogen-bond acceptors (Lipinski definition) is 4. The number of nitrogens with one attached hydrogen (secondary N) is 2. The van der Waals surface area contributed by atoms with Gasteiger partial charge in [0.25, 0.3) is 0 Å². The first-order valence-electron chi connectivity index (χ1n) is 10.6. The SMILES string of the molecule is CN=C(NCCCOCCOC)NCC(=O)N1CCC(Cc2ccccc2)CC1. The molecule has 0 aliphatic carbocycles. The van der Waals surface area contributed by atoms with Gasteiger partial charge in [0.1, 0.15) is 0 Å². The number of carbonyl (C=O) groups excluding carboxylic acids is 1. The van der Waals surface area contributed by atoms with Crippen molar-refractivity contribution in [3.05, 3.63) is 35.9 Å². The van der Waals surface area contributed by atoms with Gasteiger partial charge in [0.2, 0.25) is 5.91 Å². The first-order valence-corrected chi connectivity index (χ1v) is 10.6. The Bertz CT molecular complexity index is 601. The fourth-order valence-corrected chi connectivity index (χ4v) is 3.45. The third kappa shape index (κ3) is 9.28. The fraction of sp³-hybridized carbons (Fsp3) is 0.636. The Morgan fingerprint density at radius 1 is 1.14 bits per heavy atom. The summed E-state index contributed by atoms with van der Waals surface area (Å²) in [6.07, 6.45) is 4.10. The van der Waals surface area contributed by atoms with Gasteiger partial charge in [-0.3, -0.25) is 9.79 Å². The van der Waals surface area contributed by atoms with E-state index in [9.17, 15) is 4.79 Å². The van der Waals surface area contributed by atoms with Crippen molar-refractivity contribution < 1.29 is 14.3 Å². The Morgan fingerprint density at radius 3 is 2.59 bits per heavy atom. The van der Waals surface area contributed by atoms with Crippen molar-refractivity contribution in [2.75, 3.05) is 60.2 Å². The first kappa shape index (κ1) is 23.2. The monoisotopic (exact) mass is 404 g/mol. The Labute approximate surface area is 174 Å². The summed E-state index contributed by atoms with van der Waals surface area (Å²) in [7, 11) is 3.37. The summed E-state index contributed by atoms with van der Waals surface area (Å²) in [5.41, 5.74) is 1.39. The van der Waals surface area contributed by atoms with Crippen molar-refractivity contribution in [3.8, 4) is 0 Å². The van der Waals surface area contributed by atoms with Gasteiger partial charge < -0.3 is 25.0 Å². The highest BCUT2D eigenvalue weighted by Crippen LogP contribution is 2.21. The highest BCUT2D eigenvalue weighted by Gasteiger charge is 2.22. The second-order valence-corrected chi connectivity index (χ2v) is 7.33. The summed E-state index contributed by atoms with van der Waals surface area (Å²) >= 11 is 0. The number of benzene rings is 1. The topological polar surface area (TPSA) is 75.2 Å². The molecule has 1 heterocycles. The van der Waals surface area contributed by atoms with Crippen LogP contribution in [0.1, 0.15) is 24.8 Å². The van der Waals surface area contributed by atoms with E-state index in [0.29, 0.717) is 31.7 Å². The molecule has 1 aliphatic rings. The number of likely N-dealkylation sites (tertiary alicyclic amines) is 1. The molecule has 7 nitrogen and oxygen atoms in total. The number of guanidine groups is 1. The van der Waals surface area contributed by atoms with Gasteiger partial charge in [-0.15, -0.1) is 0 Å². The second kappa shape index (κ2) is 14.0. The van der Waals surface area contributed by atoms with E-state index in [1.807, 2.05) is 4.90 Å². The van der Waals surface area contributed by atoms with Gasteiger partial charge in [-0.2, -0.15) is 0 Å². The molecule has 7 heteroatoms. The zero-order valence-corrected chi connectivity index (χ0v) is 17.9. The summed E-state index contributed by atoms with van der Waals surface area (Å²) in [6, 6.07) is 10.6. The van der Waals surface area contributed by atoms with Crippen LogP contribution in [0.4, 0.5) is 0 Å². The van der Waals surface area contributed by atoms with E-state index in [0.717, 1.165) is 45.3 Å². The van der Waals surface area contributed by atoms with Gasteiger partial charge in [0.15, 0.2) is 5.96 Å². The van der Waals surface area contributed by atoms with Crippen LogP contribution in [0.15, 0.2) is 35.3 Å². The molecule has 0 bridgehead atoms. The smallest absolute Gasteiger partial charge is 0.241 e. The van der Waals surface area contributed by atoms with Crippen molar-refractivity contribution in [2.45, 2.75) is 25.7 Å². The van der Waals surface area contributed by atoms with E-state index in [1.54, 1.807) is 14.2 Å². The van der Waals surface area contributed by atoms with E-state index in [-0.39, 0.29) is 12.5 Å². The van der Waals surface area contributed by atoms with E-state index >= 15 is 0 Å². The van der Waals surface area contributed by atoms with Crippen LogP contribution in [0.25, 0.3) is 0 Å². The number of amides is 1. The molecule has 0 radical (unpaired) electrons. The third-order valence-corrected chi connectivity index (χ3v) is 5.15. The lowest BCUT2D eigenvalue weighted by atomic mass is 9.90. The van der Waals surface area contributed by atoms with Gasteiger partial charge in [-0.05, 0) is 37.2 Å². The zero-order chi connectivity index (χ0) is 20.7. The van der Waals surface area contributed by atoms with Crippen molar-refractivity contribution >= 4 is 11.9 Å². The van der Waals surface area contributed by atoms with Gasteiger partial charge >= 0.3 is 0 Å². The highest BCUT2D eigenvalue weighted by atomic mass is 16.5. The summed E-state index contributed by atoms with van der Waals surface area (Å²) < 4.78 is 10.4. The van der Waals surface area contributed by atoms with E-state index in [1.165, 1.54) is 5.56 Å². The van der Waals surface area contributed by atoms with E-state index < -0.39 is 0 Å². The molecule has 162 valence electrons. The maximum atomic E-state index is 12.5. The molecule has 0 saturated carbocycles. The predicted molar refractivity (Wildman–Crippen MR) is 116 cm³/mol. The van der Waals surface area contributed by atoms with Crippen LogP contribution in [-0.4, -0.2) is 76.9 Å². The predicted octanol–water partition coefficient (Wildman–Crippen LogP) is 1.69. The maximum absolute atomic E-state index is 12.5. The Balaban J connectivity index is 1.58. The van der Waals surface area contributed by atoms with Crippen LogP contribution >= 0.6 is 0 Å². The van der Waals surface area contributed by atoms with E-state index in [2.05, 4.69) is 46.0 Å². The Morgan fingerprint density at radius 2 is 1.90 bits per heavy atom. The molecule has 0 atom stereocenters. The van der Waals surface area contributed by atoms with Crippen LogP contribution in [-0.2, 0) is 20.7 Å². The van der Waals surface area contributed by atoms with Gasteiger partial charge in [-0.25, -0.2) is 0 Å². The average Bonchev–Trinajstić information content (AvgIpc) is 2.76. The molecular formula is C22H36N4O3. The quantitative estimate of drug-likeness (QED) is 0.333. The lowest BCUT2D eigenvalue weighted by Crippen LogP contribution is -2.47. The molecule has 0 aromatic heterocycles. The molecule has 1 fully saturated rings. The number of aliphatic imine (C=N–C) groups is 1. The average molecular weight is 405 g/mol. The number of carbonyl (C=O) groups is 1. The number of methoxy groups -OCH3 is 1. The molecule has 2 rings (SSSR count). The standard InChI is InChI=1S/C22H36N4O3/c1-23-22(24-11-6-14-29-16-15-28-2)25-18-21(27)26-12-9-20(10-13-26)17-19-7-4-3-5-8-19/h3-5,7-8,20H,6,9-18H2,1-2H3,(H2,23,24,25). The molecule has 2 N–H and O–H groups in total. The molecule has 1 aliphatic heterocycles. The van der Waals surface area contributed by atoms with Gasteiger partial charge in [0, 0.05) is 40.4 Å². The minimum absolute atomic E-state index is 0.133. The zero-order valence-electron chi connectivity index (χ0n) is 17.9. The lowest BCUT2D eigenvalue weighted by molar-refractivity contribution is -0.131. The van der Waals surface area contributed by atoms with Crippen molar-refractivity contribution in [1.82, 2.24) is 15.5 Å². The van der Waals surface area contributed by atoms with Crippen molar-refractivity contribution in [2.24, 2.45) is 10.9 Å². The largest absolute Gasteiger partial charge is 0.382 e. The van der Waals surface area contributed by atoms with Crippen LogP contribution < -0.4 is 10.6 Å². The first-order chi connectivity index (χ1) is 14.2. The third-order valence-electron chi connectivity index (χ3n) is 5.15. The molecule has 1 saturated heterocycles. The van der Waals surface area contributed by atoms with Crippen LogP contribution in [0.2, 0.25) is 0 Å². The Hall–Kier alpha value is -2.12. The second-order valence-electron chi connectivity index (χ2n) is 7.33. The molecule has 1 aromatic carbocycles. The summed E-state index contributed by atoms with van der Waals surface area (Å²) in [6.45, 7) is 4.58. The minimum atomic E-state index is 0.133. The molecule has 1 amide bonds. The molecule has 1 aromatic rings. The number of ether oxygens (including phenoxy) is 2. The summed E-state index contributed by atoms with van der Waals surface area (Å²) in [5, 5.41) is 6.33. The normalized spacial score (nSPS) is 15.4. The van der Waals surface area contributed by atoms with Gasteiger partial charge in [-0.1, -0.05) is 30.3 Å². The van der Waals surface area contributed by atoms with Crippen molar-refractivity contribution in [3.63, 3.8) is 0 Å². The van der Waals surface area contributed by atoms with Gasteiger partial charge in [0.05, 0.1) is 19.8 Å². The summed E-state index contributed by atoms with van der Waals surface area (Å²) in [4.78, 5) is 18.6. The van der Waals surface area contributed by atoms with Crippen LogP contribution in [0.5, 0.6) is 0 Å². The lowest BCUT2D eigenvalue weighted by Gasteiger charge is -2.32. The number of hydrogen-bond donors (Lipinski definition) is 2. The number of rotatable bonds is 11. The maximum Gasteiger partial charge on any atom is 0.241 e. The van der Waals surface area contributed by atoms with Crippen molar-refractivity contribution in [1.29, 1.82) is 0 Å². The van der Waals surface area contributed by atoms with Crippen LogP contribution in [0, 0.1) is 5.92 Å². The molecule has 0 spiro atoms. The number of piperidine rings is 1. The Kier molecular flexibility index (Phi) is 11.1. The molecule has 0 unspecified atom stereocenters. The summed E-state index contributed by atoms with van der Waals surface area (Å²) in [5.74, 6) is 1.44.